The fourth-order valence-corrected chi connectivity index (χ4v) is 3.68. The van der Waals surface area contributed by atoms with Gasteiger partial charge in [-0.3, -0.25) is 0 Å². The number of benzene rings is 1. The van der Waals surface area contributed by atoms with E-state index >= 15 is 0 Å². The lowest BCUT2D eigenvalue weighted by molar-refractivity contribution is 0.628. The molecule has 0 N–H and O–H groups in total. The zero-order valence-electron chi connectivity index (χ0n) is 14.8. The van der Waals surface area contributed by atoms with Gasteiger partial charge in [-0.15, -0.1) is 11.3 Å². The van der Waals surface area contributed by atoms with Gasteiger partial charge in [0.05, 0.1) is 5.52 Å². The van der Waals surface area contributed by atoms with Crippen molar-refractivity contribution >= 4 is 22.2 Å². The largest absolute Gasteiger partial charge is 0.337 e. The summed E-state index contributed by atoms with van der Waals surface area (Å²) >= 11 is 1.58. The Balaban J connectivity index is 1.60. The van der Waals surface area contributed by atoms with Crippen LogP contribution in [0.25, 0.3) is 21.6 Å². The van der Waals surface area contributed by atoms with E-state index in [1.54, 1.807) is 17.5 Å². The van der Waals surface area contributed by atoms with Crippen molar-refractivity contribution in [3.63, 3.8) is 0 Å². The third-order valence-electron chi connectivity index (χ3n) is 4.39. The molecule has 0 atom stereocenters. The van der Waals surface area contributed by atoms with Crippen LogP contribution in [0.4, 0.5) is 4.39 Å². The van der Waals surface area contributed by atoms with Crippen LogP contribution in [0, 0.1) is 19.7 Å². The number of aromatic nitrogens is 5. The summed E-state index contributed by atoms with van der Waals surface area (Å²) in [6.07, 6.45) is 5.18. The summed E-state index contributed by atoms with van der Waals surface area (Å²) < 4.78 is 15.7. The van der Waals surface area contributed by atoms with E-state index < -0.39 is 0 Å². The highest BCUT2D eigenvalue weighted by Crippen LogP contribution is 2.23. The van der Waals surface area contributed by atoms with E-state index in [1.807, 2.05) is 37.0 Å². The molecule has 0 aliphatic rings. The molecule has 0 fully saturated rings. The molecular formula is C19H18FN5S. The van der Waals surface area contributed by atoms with Gasteiger partial charge in [0.1, 0.15) is 28.2 Å². The SMILES string of the molecule is Cc1nc(CCc2nc(-c3nccs3)cn2C)nc2c(C)cc(F)cc12. The fraction of sp³-hybridized carbons (Fsp3) is 0.263. The first kappa shape index (κ1) is 16.8. The number of hydrogen-bond donors (Lipinski definition) is 0. The minimum Gasteiger partial charge on any atom is -0.337 e. The number of thiazole rings is 1. The molecule has 5 nitrogen and oxygen atoms in total. The van der Waals surface area contributed by atoms with Crippen LogP contribution in [0.15, 0.2) is 29.9 Å². The second kappa shape index (κ2) is 6.57. The third kappa shape index (κ3) is 3.10. The van der Waals surface area contributed by atoms with Gasteiger partial charge in [-0.25, -0.2) is 24.3 Å². The number of nitrogens with zero attached hydrogens (tertiary/aromatic N) is 5. The molecular weight excluding hydrogens is 349 g/mol. The normalized spacial score (nSPS) is 11.4. The van der Waals surface area contributed by atoms with Gasteiger partial charge in [0.15, 0.2) is 0 Å². The Morgan fingerprint density at radius 2 is 1.96 bits per heavy atom. The molecule has 0 bridgehead atoms. The predicted molar refractivity (Wildman–Crippen MR) is 101 cm³/mol. The zero-order valence-corrected chi connectivity index (χ0v) is 15.6. The molecule has 4 rings (SSSR count). The van der Waals surface area contributed by atoms with Gasteiger partial charge in [-0.05, 0) is 31.5 Å². The second-order valence-corrected chi connectivity index (χ2v) is 7.23. The predicted octanol–water partition coefficient (Wildman–Crippen LogP) is 4.03. The van der Waals surface area contributed by atoms with Crippen LogP contribution in [0.2, 0.25) is 0 Å². The van der Waals surface area contributed by atoms with E-state index in [0.717, 1.165) is 50.9 Å². The topological polar surface area (TPSA) is 56.5 Å². The van der Waals surface area contributed by atoms with E-state index in [1.165, 1.54) is 12.1 Å². The lowest BCUT2D eigenvalue weighted by Crippen LogP contribution is -2.05. The summed E-state index contributed by atoms with van der Waals surface area (Å²) in [6, 6.07) is 3.01. The molecule has 1 aromatic carbocycles. The molecule has 0 radical (unpaired) electrons. The highest BCUT2D eigenvalue weighted by molar-refractivity contribution is 7.13. The first-order valence-electron chi connectivity index (χ1n) is 8.37. The molecule has 0 aliphatic heterocycles. The van der Waals surface area contributed by atoms with Crippen molar-refractivity contribution in [2.24, 2.45) is 7.05 Å². The minimum absolute atomic E-state index is 0.253. The molecule has 4 aromatic rings. The van der Waals surface area contributed by atoms with Crippen LogP contribution in [0.3, 0.4) is 0 Å². The molecule has 0 aliphatic carbocycles. The maximum Gasteiger partial charge on any atom is 0.143 e. The summed E-state index contributed by atoms with van der Waals surface area (Å²) in [4.78, 5) is 18.2. The number of hydrogen-bond acceptors (Lipinski definition) is 5. The van der Waals surface area contributed by atoms with Gasteiger partial charge in [-0.1, -0.05) is 0 Å². The van der Waals surface area contributed by atoms with Crippen LogP contribution < -0.4 is 0 Å². The van der Waals surface area contributed by atoms with E-state index in [9.17, 15) is 4.39 Å². The Hall–Kier alpha value is -2.67. The average Bonchev–Trinajstić information content (AvgIpc) is 3.24. The molecule has 3 heterocycles. The second-order valence-electron chi connectivity index (χ2n) is 6.33. The van der Waals surface area contributed by atoms with E-state index in [-0.39, 0.29) is 5.82 Å². The molecule has 7 heteroatoms. The molecule has 0 unspecified atom stereocenters. The Morgan fingerprint density at radius 3 is 2.73 bits per heavy atom. The van der Waals surface area contributed by atoms with Crippen LogP contribution >= 0.6 is 11.3 Å². The zero-order chi connectivity index (χ0) is 18.3. The van der Waals surface area contributed by atoms with Crippen LogP contribution in [-0.4, -0.2) is 24.5 Å². The Labute approximate surface area is 154 Å². The van der Waals surface area contributed by atoms with E-state index in [2.05, 4.69) is 19.9 Å². The Morgan fingerprint density at radius 1 is 1.12 bits per heavy atom. The standard InChI is InChI=1S/C19H18FN5S/c1-11-8-13(20)9-14-12(2)22-16(24-18(11)14)4-5-17-23-15(10-25(17)3)19-21-6-7-26-19/h6-10H,4-5H2,1-3H3. The van der Waals surface area contributed by atoms with Crippen molar-refractivity contribution in [3.8, 4) is 10.7 Å². The molecule has 0 saturated heterocycles. The number of aryl methyl sites for hydroxylation is 5. The van der Waals surface area contributed by atoms with Crippen molar-refractivity contribution in [3.05, 3.63) is 58.6 Å². The van der Waals surface area contributed by atoms with Crippen LogP contribution in [0.1, 0.15) is 22.9 Å². The van der Waals surface area contributed by atoms with Gasteiger partial charge in [0, 0.05) is 48.7 Å². The van der Waals surface area contributed by atoms with E-state index in [0.29, 0.717) is 6.42 Å². The summed E-state index contributed by atoms with van der Waals surface area (Å²) in [5.41, 5.74) is 3.34. The smallest absolute Gasteiger partial charge is 0.143 e. The minimum atomic E-state index is -0.253. The summed E-state index contributed by atoms with van der Waals surface area (Å²) in [7, 11) is 1.98. The first-order valence-corrected chi connectivity index (χ1v) is 9.24. The highest BCUT2D eigenvalue weighted by atomic mass is 32.1. The first-order chi connectivity index (χ1) is 12.5. The maximum absolute atomic E-state index is 13.6. The van der Waals surface area contributed by atoms with Crippen molar-refractivity contribution in [1.82, 2.24) is 24.5 Å². The van der Waals surface area contributed by atoms with Crippen molar-refractivity contribution < 1.29 is 4.39 Å². The number of rotatable bonds is 4. The van der Waals surface area contributed by atoms with Gasteiger partial charge >= 0.3 is 0 Å². The third-order valence-corrected chi connectivity index (χ3v) is 5.18. The molecule has 3 aromatic heterocycles. The summed E-state index contributed by atoms with van der Waals surface area (Å²) in [6.45, 7) is 3.77. The van der Waals surface area contributed by atoms with Crippen molar-refractivity contribution in [1.29, 1.82) is 0 Å². The lowest BCUT2D eigenvalue weighted by atomic mass is 10.1. The summed E-state index contributed by atoms with van der Waals surface area (Å²) in [5.74, 6) is 1.47. The fourth-order valence-electron chi connectivity index (χ4n) is 3.09. The van der Waals surface area contributed by atoms with Gasteiger partial charge < -0.3 is 4.57 Å². The molecule has 0 amide bonds. The maximum atomic E-state index is 13.6. The Bertz CT molecular complexity index is 1090. The lowest BCUT2D eigenvalue weighted by Gasteiger charge is -2.08. The number of imidazole rings is 1. The average molecular weight is 367 g/mol. The molecule has 0 saturated carbocycles. The molecule has 132 valence electrons. The molecule has 26 heavy (non-hydrogen) atoms. The molecule has 0 spiro atoms. The number of fused-ring (bicyclic) bond motifs is 1. The van der Waals surface area contributed by atoms with Gasteiger partial charge in [0.2, 0.25) is 0 Å². The van der Waals surface area contributed by atoms with Gasteiger partial charge in [0.25, 0.3) is 0 Å². The van der Waals surface area contributed by atoms with Crippen molar-refractivity contribution in [2.75, 3.05) is 0 Å². The summed E-state index contributed by atoms with van der Waals surface area (Å²) in [5, 5.41) is 3.64. The van der Waals surface area contributed by atoms with Crippen molar-refractivity contribution in [2.45, 2.75) is 26.7 Å². The Kier molecular flexibility index (Phi) is 4.24. The van der Waals surface area contributed by atoms with E-state index in [4.69, 9.17) is 0 Å². The monoisotopic (exact) mass is 367 g/mol. The highest BCUT2D eigenvalue weighted by Gasteiger charge is 2.12. The van der Waals surface area contributed by atoms with Gasteiger partial charge in [-0.2, -0.15) is 0 Å². The van der Waals surface area contributed by atoms with Crippen LogP contribution in [-0.2, 0) is 19.9 Å². The number of halogens is 1. The van der Waals surface area contributed by atoms with Crippen LogP contribution in [0.5, 0.6) is 0 Å². The quantitative estimate of drug-likeness (QED) is 0.546.